The number of hydrogen-bond donors (Lipinski definition) is 0. The van der Waals surface area contributed by atoms with E-state index in [0.29, 0.717) is 34.7 Å². The Bertz CT molecular complexity index is 1060. The summed E-state index contributed by atoms with van der Waals surface area (Å²) in [4.78, 5) is 11.7. The molecule has 27 heavy (non-hydrogen) atoms. The molecule has 0 spiro atoms. The molecule has 0 aliphatic heterocycles. The van der Waals surface area contributed by atoms with Gasteiger partial charge in [0.25, 0.3) is 0 Å². The van der Waals surface area contributed by atoms with E-state index in [1.54, 1.807) is 12.3 Å². The molecule has 0 aliphatic rings. The molecule has 3 aromatic rings. The smallest absolute Gasteiger partial charge is 0.336 e. The Labute approximate surface area is 157 Å². The average Bonchev–Trinajstić information content (AvgIpc) is 3.10. The van der Waals surface area contributed by atoms with Gasteiger partial charge in [0, 0.05) is 6.07 Å². The van der Waals surface area contributed by atoms with Crippen LogP contribution < -0.4 is 15.1 Å². The summed E-state index contributed by atoms with van der Waals surface area (Å²) in [5.41, 5.74) is 2.96. The summed E-state index contributed by atoms with van der Waals surface area (Å²) in [6.45, 7) is 6.72. The Morgan fingerprint density at radius 3 is 2.56 bits per heavy atom. The topological polar surface area (TPSA) is 61.8 Å². The predicted molar refractivity (Wildman–Crippen MR) is 107 cm³/mol. The highest BCUT2D eigenvalue weighted by Crippen LogP contribution is 2.42. The summed E-state index contributed by atoms with van der Waals surface area (Å²) in [6, 6.07) is 4.89. The second-order valence-corrected chi connectivity index (χ2v) is 6.70. The SMILES string of the molecule is COc1c2occc2c(OC/C=C(\C)CCC=C(C)C)c2ccc(=O)oc12. The standard InChI is InChI=1S/C22H24O5/c1-14(2)6-5-7-15(3)10-12-25-19-16-8-9-18(23)27-21(16)22(24-4)20-17(19)11-13-26-20/h6,8-11,13H,5,7,12H2,1-4H3/b15-10+. The third kappa shape index (κ3) is 4.08. The molecule has 142 valence electrons. The minimum atomic E-state index is -0.451. The third-order valence-corrected chi connectivity index (χ3v) is 4.36. The van der Waals surface area contributed by atoms with Crippen LogP contribution in [0.3, 0.4) is 0 Å². The number of allylic oxidation sites excluding steroid dienone is 3. The van der Waals surface area contributed by atoms with Crippen LogP contribution in [-0.4, -0.2) is 13.7 Å². The van der Waals surface area contributed by atoms with Crippen molar-refractivity contribution in [2.45, 2.75) is 33.6 Å². The van der Waals surface area contributed by atoms with Gasteiger partial charge in [-0.1, -0.05) is 17.2 Å². The molecule has 2 heterocycles. The van der Waals surface area contributed by atoms with E-state index < -0.39 is 5.63 Å². The lowest BCUT2D eigenvalue weighted by molar-refractivity contribution is 0.367. The molecule has 1 aromatic carbocycles. The third-order valence-electron chi connectivity index (χ3n) is 4.36. The van der Waals surface area contributed by atoms with E-state index in [1.165, 1.54) is 24.3 Å². The van der Waals surface area contributed by atoms with Crippen molar-refractivity contribution in [2.75, 3.05) is 13.7 Å². The molecule has 0 amide bonds. The van der Waals surface area contributed by atoms with Crippen molar-refractivity contribution in [1.82, 2.24) is 0 Å². The first kappa shape index (κ1) is 18.8. The van der Waals surface area contributed by atoms with Crippen molar-refractivity contribution in [2.24, 2.45) is 0 Å². The fourth-order valence-electron chi connectivity index (χ4n) is 2.97. The molecule has 5 heteroatoms. The summed E-state index contributed by atoms with van der Waals surface area (Å²) in [7, 11) is 1.52. The van der Waals surface area contributed by atoms with Crippen LogP contribution in [-0.2, 0) is 0 Å². The highest BCUT2D eigenvalue weighted by atomic mass is 16.5. The summed E-state index contributed by atoms with van der Waals surface area (Å²) >= 11 is 0. The number of hydrogen-bond acceptors (Lipinski definition) is 5. The van der Waals surface area contributed by atoms with Crippen LogP contribution in [0.5, 0.6) is 11.5 Å². The Balaban J connectivity index is 1.93. The predicted octanol–water partition coefficient (Wildman–Crippen LogP) is 5.62. The number of methoxy groups -OCH3 is 1. The molecule has 0 bridgehead atoms. The highest BCUT2D eigenvalue weighted by Gasteiger charge is 2.20. The molecule has 0 radical (unpaired) electrons. The van der Waals surface area contributed by atoms with Gasteiger partial charge >= 0.3 is 5.63 Å². The number of ether oxygens (including phenoxy) is 2. The van der Waals surface area contributed by atoms with Gasteiger partial charge in [0.05, 0.1) is 24.1 Å². The maximum atomic E-state index is 11.7. The number of furan rings is 1. The minimum absolute atomic E-state index is 0.326. The van der Waals surface area contributed by atoms with Crippen LogP contribution >= 0.6 is 0 Å². The summed E-state index contributed by atoms with van der Waals surface area (Å²) < 4.78 is 22.4. The van der Waals surface area contributed by atoms with Crippen LogP contribution in [0.4, 0.5) is 0 Å². The summed E-state index contributed by atoms with van der Waals surface area (Å²) in [5, 5.41) is 1.46. The maximum absolute atomic E-state index is 11.7. The molecule has 2 aromatic heterocycles. The van der Waals surface area contributed by atoms with Crippen LogP contribution in [0.1, 0.15) is 33.6 Å². The van der Waals surface area contributed by atoms with Crippen LogP contribution in [0.2, 0.25) is 0 Å². The quantitative estimate of drug-likeness (QED) is 0.400. The van der Waals surface area contributed by atoms with Gasteiger partial charge in [-0.2, -0.15) is 0 Å². The molecular weight excluding hydrogens is 344 g/mol. The van der Waals surface area contributed by atoms with Gasteiger partial charge in [0.1, 0.15) is 12.4 Å². The lowest BCUT2D eigenvalue weighted by Crippen LogP contribution is -2.01. The molecule has 0 unspecified atom stereocenters. The molecule has 3 rings (SSSR count). The second-order valence-electron chi connectivity index (χ2n) is 6.70. The van der Waals surface area contributed by atoms with Crippen molar-refractivity contribution < 1.29 is 18.3 Å². The zero-order chi connectivity index (χ0) is 19.4. The molecule has 0 saturated carbocycles. The number of rotatable bonds is 7. The van der Waals surface area contributed by atoms with Crippen molar-refractivity contribution in [3.63, 3.8) is 0 Å². The fourth-order valence-corrected chi connectivity index (χ4v) is 2.97. The van der Waals surface area contributed by atoms with Gasteiger partial charge in [0.15, 0.2) is 11.2 Å². The lowest BCUT2D eigenvalue weighted by Gasteiger charge is -2.11. The Hall–Kier alpha value is -2.95. The molecule has 5 nitrogen and oxygen atoms in total. The normalized spacial score (nSPS) is 11.8. The summed E-state index contributed by atoms with van der Waals surface area (Å²) in [5.74, 6) is 1.01. The van der Waals surface area contributed by atoms with Gasteiger partial charge in [-0.3, -0.25) is 0 Å². The molecule has 0 aliphatic carbocycles. The minimum Gasteiger partial charge on any atom is -0.490 e. The zero-order valence-corrected chi connectivity index (χ0v) is 16.1. The highest BCUT2D eigenvalue weighted by molar-refractivity contribution is 6.06. The van der Waals surface area contributed by atoms with E-state index in [-0.39, 0.29) is 0 Å². The van der Waals surface area contributed by atoms with E-state index in [1.807, 2.05) is 6.07 Å². The van der Waals surface area contributed by atoms with Crippen molar-refractivity contribution in [3.8, 4) is 11.5 Å². The monoisotopic (exact) mass is 368 g/mol. The first-order valence-electron chi connectivity index (χ1n) is 8.94. The van der Waals surface area contributed by atoms with E-state index in [4.69, 9.17) is 18.3 Å². The van der Waals surface area contributed by atoms with Gasteiger partial charge in [0.2, 0.25) is 5.75 Å². The average molecular weight is 368 g/mol. The van der Waals surface area contributed by atoms with Crippen LogP contribution in [0.25, 0.3) is 21.9 Å². The zero-order valence-electron chi connectivity index (χ0n) is 16.1. The van der Waals surface area contributed by atoms with E-state index in [9.17, 15) is 4.79 Å². The first-order valence-corrected chi connectivity index (χ1v) is 8.94. The largest absolute Gasteiger partial charge is 0.490 e. The lowest BCUT2D eigenvalue weighted by atomic mass is 10.1. The number of benzene rings is 1. The van der Waals surface area contributed by atoms with Gasteiger partial charge < -0.3 is 18.3 Å². The molecule has 0 atom stereocenters. The van der Waals surface area contributed by atoms with Crippen molar-refractivity contribution in [1.29, 1.82) is 0 Å². The Morgan fingerprint density at radius 1 is 1.04 bits per heavy atom. The Kier molecular flexibility index (Phi) is 5.69. The Morgan fingerprint density at radius 2 is 1.81 bits per heavy atom. The van der Waals surface area contributed by atoms with E-state index >= 15 is 0 Å². The summed E-state index contributed by atoms with van der Waals surface area (Å²) in [6.07, 6.45) is 7.88. The van der Waals surface area contributed by atoms with Gasteiger partial charge in [-0.05, 0) is 51.8 Å². The van der Waals surface area contributed by atoms with E-state index in [2.05, 4.69) is 32.9 Å². The molecular formula is C22H24O5. The first-order chi connectivity index (χ1) is 13.0. The molecule has 0 saturated heterocycles. The van der Waals surface area contributed by atoms with Crippen molar-refractivity contribution >= 4 is 21.9 Å². The number of fused-ring (bicyclic) bond motifs is 2. The van der Waals surface area contributed by atoms with Crippen LogP contribution in [0, 0.1) is 0 Å². The van der Waals surface area contributed by atoms with Crippen LogP contribution in [0.15, 0.2) is 61.4 Å². The maximum Gasteiger partial charge on any atom is 0.336 e. The molecule has 0 N–H and O–H groups in total. The second kappa shape index (κ2) is 8.16. The van der Waals surface area contributed by atoms with Crippen molar-refractivity contribution in [3.05, 3.63) is 58.2 Å². The van der Waals surface area contributed by atoms with Gasteiger partial charge in [-0.15, -0.1) is 0 Å². The molecule has 0 fully saturated rings. The van der Waals surface area contributed by atoms with E-state index in [0.717, 1.165) is 18.2 Å². The fraction of sp³-hybridized carbons (Fsp3) is 0.318. The van der Waals surface area contributed by atoms with Gasteiger partial charge in [-0.25, -0.2) is 4.79 Å².